The van der Waals surface area contributed by atoms with Crippen molar-refractivity contribution in [2.45, 2.75) is 32.2 Å². The van der Waals surface area contributed by atoms with E-state index in [1.807, 2.05) is 6.07 Å². The third-order valence-electron chi connectivity index (χ3n) is 4.91. The van der Waals surface area contributed by atoms with Gasteiger partial charge in [0.2, 0.25) is 5.91 Å². The molecule has 2 aliphatic heterocycles. The molecule has 4 nitrogen and oxygen atoms in total. The van der Waals surface area contributed by atoms with Gasteiger partial charge in [-0.25, -0.2) is 0 Å². The van der Waals surface area contributed by atoms with E-state index in [9.17, 15) is 4.79 Å². The Hall–Kier alpha value is -1.71. The van der Waals surface area contributed by atoms with Crippen LogP contribution in [0.5, 0.6) is 11.5 Å². The second kappa shape index (κ2) is 4.93. The van der Waals surface area contributed by atoms with Crippen LogP contribution >= 0.6 is 0 Å². The standard InChI is InChI=1S/C17H21NO3/c1-11-9-13(11)17(19)18-6-2-3-14(18)12-4-5-15-16(10-12)21-8-7-20-15/h4-5,10-11,13-14H,2-3,6-9H2,1H3/t11-,13+,14+/m1/s1. The minimum Gasteiger partial charge on any atom is -0.486 e. The van der Waals surface area contributed by atoms with Gasteiger partial charge in [-0.3, -0.25) is 4.79 Å². The number of hydrogen-bond acceptors (Lipinski definition) is 3. The molecule has 3 aliphatic rings. The van der Waals surface area contributed by atoms with E-state index in [4.69, 9.17) is 9.47 Å². The lowest BCUT2D eigenvalue weighted by Crippen LogP contribution is -2.32. The van der Waals surface area contributed by atoms with Crippen LogP contribution in [-0.2, 0) is 4.79 Å². The van der Waals surface area contributed by atoms with Gasteiger partial charge in [0.25, 0.3) is 0 Å². The van der Waals surface area contributed by atoms with Crippen molar-refractivity contribution in [1.82, 2.24) is 4.90 Å². The largest absolute Gasteiger partial charge is 0.486 e. The highest BCUT2D eigenvalue weighted by Gasteiger charge is 2.44. The lowest BCUT2D eigenvalue weighted by atomic mass is 10.0. The number of ether oxygens (including phenoxy) is 2. The molecular formula is C17H21NO3. The van der Waals surface area contributed by atoms with Crippen molar-refractivity contribution in [1.29, 1.82) is 0 Å². The third kappa shape index (κ3) is 2.27. The molecule has 0 spiro atoms. The number of carbonyl (C=O) groups is 1. The quantitative estimate of drug-likeness (QED) is 0.839. The molecule has 1 aromatic carbocycles. The Bertz CT molecular complexity index is 571. The van der Waals surface area contributed by atoms with Gasteiger partial charge in [0.1, 0.15) is 13.2 Å². The van der Waals surface area contributed by atoms with Crippen molar-refractivity contribution in [2.24, 2.45) is 11.8 Å². The minimum atomic E-state index is 0.209. The van der Waals surface area contributed by atoms with Crippen LogP contribution in [0.3, 0.4) is 0 Å². The van der Waals surface area contributed by atoms with Crippen LogP contribution in [0.4, 0.5) is 0 Å². The molecule has 0 unspecified atom stereocenters. The van der Waals surface area contributed by atoms with Crippen LogP contribution in [0, 0.1) is 11.8 Å². The molecule has 1 saturated carbocycles. The van der Waals surface area contributed by atoms with Gasteiger partial charge in [0.15, 0.2) is 11.5 Å². The number of rotatable bonds is 2. The average Bonchev–Trinajstić information content (AvgIpc) is 3.05. The van der Waals surface area contributed by atoms with Crippen molar-refractivity contribution >= 4 is 5.91 Å². The molecular weight excluding hydrogens is 266 g/mol. The summed E-state index contributed by atoms with van der Waals surface area (Å²) < 4.78 is 11.2. The van der Waals surface area contributed by atoms with E-state index < -0.39 is 0 Å². The number of benzene rings is 1. The molecule has 4 rings (SSSR count). The smallest absolute Gasteiger partial charge is 0.226 e. The van der Waals surface area contributed by atoms with E-state index in [1.165, 1.54) is 5.56 Å². The van der Waals surface area contributed by atoms with Crippen LogP contribution in [0.1, 0.15) is 37.8 Å². The van der Waals surface area contributed by atoms with E-state index in [-0.39, 0.29) is 12.0 Å². The van der Waals surface area contributed by atoms with Gasteiger partial charge < -0.3 is 14.4 Å². The lowest BCUT2D eigenvalue weighted by molar-refractivity contribution is -0.133. The van der Waals surface area contributed by atoms with Gasteiger partial charge in [-0.2, -0.15) is 0 Å². The van der Waals surface area contributed by atoms with Crippen molar-refractivity contribution < 1.29 is 14.3 Å². The van der Waals surface area contributed by atoms with E-state index in [2.05, 4.69) is 24.0 Å². The van der Waals surface area contributed by atoms with Crippen molar-refractivity contribution in [3.8, 4) is 11.5 Å². The van der Waals surface area contributed by atoms with Crippen LogP contribution in [-0.4, -0.2) is 30.6 Å². The predicted molar refractivity (Wildman–Crippen MR) is 78.4 cm³/mol. The molecule has 3 atom stereocenters. The molecule has 21 heavy (non-hydrogen) atoms. The third-order valence-corrected chi connectivity index (χ3v) is 4.91. The Morgan fingerprint density at radius 3 is 2.76 bits per heavy atom. The Labute approximate surface area is 125 Å². The Balaban J connectivity index is 1.58. The Kier molecular flexibility index (Phi) is 3.05. The zero-order chi connectivity index (χ0) is 14.4. The van der Waals surface area contributed by atoms with Gasteiger partial charge in [0, 0.05) is 12.5 Å². The maximum absolute atomic E-state index is 12.6. The molecule has 2 fully saturated rings. The number of carbonyl (C=O) groups excluding carboxylic acids is 1. The second-order valence-corrected chi connectivity index (χ2v) is 6.41. The summed E-state index contributed by atoms with van der Waals surface area (Å²) in [6.45, 7) is 4.27. The zero-order valence-electron chi connectivity index (χ0n) is 12.4. The summed E-state index contributed by atoms with van der Waals surface area (Å²) in [5, 5.41) is 0. The van der Waals surface area contributed by atoms with Crippen LogP contribution in [0.15, 0.2) is 18.2 Å². The number of nitrogens with zero attached hydrogens (tertiary/aromatic N) is 1. The van der Waals surface area contributed by atoms with Crippen LogP contribution in [0.2, 0.25) is 0 Å². The summed E-state index contributed by atoms with van der Waals surface area (Å²) in [4.78, 5) is 14.6. The summed E-state index contributed by atoms with van der Waals surface area (Å²) in [6, 6.07) is 6.33. The molecule has 0 aromatic heterocycles. The molecule has 1 saturated heterocycles. The minimum absolute atomic E-state index is 0.209. The molecule has 1 amide bonds. The highest BCUT2D eigenvalue weighted by molar-refractivity contribution is 5.82. The summed E-state index contributed by atoms with van der Waals surface area (Å²) >= 11 is 0. The summed E-state index contributed by atoms with van der Waals surface area (Å²) in [5.74, 6) is 2.82. The van der Waals surface area contributed by atoms with Gasteiger partial charge in [-0.05, 0) is 42.9 Å². The molecule has 112 valence electrons. The molecule has 0 bridgehead atoms. The topological polar surface area (TPSA) is 38.8 Å². The van der Waals surface area contributed by atoms with Crippen molar-refractivity contribution in [3.05, 3.63) is 23.8 Å². The van der Waals surface area contributed by atoms with E-state index >= 15 is 0 Å². The number of likely N-dealkylation sites (tertiary alicyclic amines) is 1. The van der Waals surface area contributed by atoms with Gasteiger partial charge in [-0.15, -0.1) is 0 Å². The maximum Gasteiger partial charge on any atom is 0.226 e. The fraction of sp³-hybridized carbons (Fsp3) is 0.588. The van der Waals surface area contributed by atoms with Gasteiger partial charge in [-0.1, -0.05) is 13.0 Å². The normalized spacial score (nSPS) is 30.3. The number of amides is 1. The van der Waals surface area contributed by atoms with E-state index in [0.29, 0.717) is 25.0 Å². The van der Waals surface area contributed by atoms with Crippen molar-refractivity contribution in [3.63, 3.8) is 0 Å². The Morgan fingerprint density at radius 1 is 1.24 bits per heavy atom. The monoisotopic (exact) mass is 287 g/mol. The zero-order valence-corrected chi connectivity index (χ0v) is 12.4. The highest BCUT2D eigenvalue weighted by atomic mass is 16.6. The van der Waals surface area contributed by atoms with Crippen LogP contribution in [0.25, 0.3) is 0 Å². The van der Waals surface area contributed by atoms with E-state index in [1.54, 1.807) is 0 Å². The number of fused-ring (bicyclic) bond motifs is 1. The number of hydrogen-bond donors (Lipinski definition) is 0. The first-order chi connectivity index (χ1) is 10.2. The average molecular weight is 287 g/mol. The van der Waals surface area contributed by atoms with Crippen molar-refractivity contribution in [2.75, 3.05) is 19.8 Å². The fourth-order valence-corrected chi connectivity index (χ4v) is 3.52. The molecule has 1 aromatic rings. The van der Waals surface area contributed by atoms with Gasteiger partial charge in [0.05, 0.1) is 6.04 Å². The molecule has 1 aliphatic carbocycles. The molecule has 0 N–H and O–H groups in total. The molecule has 2 heterocycles. The second-order valence-electron chi connectivity index (χ2n) is 6.41. The summed E-state index contributed by atoms with van der Waals surface area (Å²) in [7, 11) is 0. The molecule has 0 radical (unpaired) electrons. The fourth-order valence-electron chi connectivity index (χ4n) is 3.52. The molecule has 4 heteroatoms. The van der Waals surface area contributed by atoms with E-state index in [0.717, 1.165) is 37.3 Å². The predicted octanol–water partition coefficient (Wildman–Crippen LogP) is 2.78. The highest BCUT2D eigenvalue weighted by Crippen LogP contribution is 2.44. The maximum atomic E-state index is 12.6. The Morgan fingerprint density at radius 2 is 2.00 bits per heavy atom. The SMILES string of the molecule is C[C@@H]1C[C@@H]1C(=O)N1CCC[C@H]1c1ccc2c(c1)OCCO2. The lowest BCUT2D eigenvalue weighted by Gasteiger charge is -2.27. The first-order valence-corrected chi connectivity index (χ1v) is 7.94. The summed E-state index contributed by atoms with van der Waals surface area (Å²) in [5.41, 5.74) is 1.18. The van der Waals surface area contributed by atoms with Crippen LogP contribution < -0.4 is 9.47 Å². The first-order valence-electron chi connectivity index (χ1n) is 7.94. The first kappa shape index (κ1) is 13.0. The summed E-state index contributed by atoms with van der Waals surface area (Å²) in [6.07, 6.45) is 3.20. The van der Waals surface area contributed by atoms with Gasteiger partial charge >= 0.3 is 0 Å².